The number of H-pyrrole nitrogens is 1. The molecule has 29 heavy (non-hydrogen) atoms. The van der Waals surface area contributed by atoms with Crippen molar-refractivity contribution in [1.82, 2.24) is 14.9 Å². The number of carbonyl (C=O) groups is 1. The maximum atomic E-state index is 12.4. The normalized spacial score (nSPS) is 15.5. The summed E-state index contributed by atoms with van der Waals surface area (Å²) in [5.41, 5.74) is 2.01. The summed E-state index contributed by atoms with van der Waals surface area (Å²) in [4.78, 5) is 26.5. The van der Waals surface area contributed by atoms with Gasteiger partial charge in [-0.05, 0) is 18.7 Å². The molecule has 2 aromatic heterocycles. The maximum Gasteiger partial charge on any atom is 0.345 e. The van der Waals surface area contributed by atoms with E-state index >= 15 is 0 Å². The zero-order chi connectivity index (χ0) is 20.9. The number of rotatable bonds is 4. The second kappa shape index (κ2) is 6.97. The van der Waals surface area contributed by atoms with E-state index in [1.807, 2.05) is 33.0 Å². The van der Waals surface area contributed by atoms with E-state index in [1.54, 1.807) is 0 Å². The molecule has 0 fully saturated rings. The van der Waals surface area contributed by atoms with Gasteiger partial charge in [-0.25, -0.2) is 4.79 Å². The first-order chi connectivity index (χ1) is 13.8. The Morgan fingerprint density at radius 3 is 2.83 bits per heavy atom. The number of hydrogen-bond donors (Lipinski definition) is 4. The van der Waals surface area contributed by atoms with Gasteiger partial charge in [-0.3, -0.25) is 4.79 Å². The minimum Gasteiger partial charge on any atom is -0.506 e. The Kier molecular flexibility index (Phi) is 4.58. The van der Waals surface area contributed by atoms with Crippen LogP contribution in [0.3, 0.4) is 0 Å². The third-order valence-electron chi connectivity index (χ3n) is 5.49. The highest BCUT2D eigenvalue weighted by atomic mass is 16.5. The molecule has 0 radical (unpaired) electrons. The molecule has 1 aliphatic heterocycles. The fraction of sp³-hybridized carbons (Fsp3) is 0.333. The number of pyridine rings is 1. The summed E-state index contributed by atoms with van der Waals surface area (Å²) in [6.45, 7) is 5.70. The van der Waals surface area contributed by atoms with Gasteiger partial charge >= 0.3 is 5.97 Å². The van der Waals surface area contributed by atoms with Crippen molar-refractivity contribution in [3.8, 4) is 22.8 Å². The van der Waals surface area contributed by atoms with E-state index in [2.05, 4.69) is 20.9 Å². The topological polar surface area (TPSA) is 117 Å². The first-order valence-corrected chi connectivity index (χ1v) is 9.52. The Morgan fingerprint density at radius 1 is 1.38 bits per heavy atom. The van der Waals surface area contributed by atoms with Crippen LogP contribution in [0.2, 0.25) is 0 Å². The van der Waals surface area contributed by atoms with Crippen molar-refractivity contribution in [2.24, 2.45) is 7.05 Å². The van der Waals surface area contributed by atoms with Crippen LogP contribution >= 0.6 is 0 Å². The van der Waals surface area contributed by atoms with Crippen molar-refractivity contribution in [3.63, 3.8) is 0 Å². The molecule has 0 aliphatic carbocycles. The average Bonchev–Trinajstić information content (AvgIpc) is 2.90. The van der Waals surface area contributed by atoms with Gasteiger partial charge in [-0.1, -0.05) is 13.8 Å². The van der Waals surface area contributed by atoms with Crippen molar-refractivity contribution in [2.75, 3.05) is 13.2 Å². The largest absolute Gasteiger partial charge is 0.506 e. The standard InChI is InChI=1S/C21H23N3O5/c1-4-22-8-12-5-11-6-13-15(7-14(11)24(12)3)29-9-10(2)16-18(13)23-20(26)17(19(16)25)21(27)28/h5-7,10,22H,4,8-9H2,1-3H3,(H,27,28)(H2,23,25,26). The zero-order valence-corrected chi connectivity index (χ0v) is 16.5. The Morgan fingerprint density at radius 2 is 2.14 bits per heavy atom. The molecule has 0 spiro atoms. The molecule has 4 N–H and O–H groups in total. The number of carboxylic acid groups (broad SMARTS) is 1. The molecule has 4 rings (SSSR count). The Balaban J connectivity index is 1.98. The third-order valence-corrected chi connectivity index (χ3v) is 5.49. The van der Waals surface area contributed by atoms with E-state index in [4.69, 9.17) is 4.74 Å². The molecule has 1 aliphatic rings. The minimum absolute atomic E-state index is 0.249. The number of aromatic nitrogens is 2. The summed E-state index contributed by atoms with van der Waals surface area (Å²) in [6, 6.07) is 5.89. The molecular formula is C21H23N3O5. The fourth-order valence-corrected chi connectivity index (χ4v) is 3.95. The first-order valence-electron chi connectivity index (χ1n) is 9.52. The number of aromatic hydroxyl groups is 1. The molecule has 1 unspecified atom stereocenters. The maximum absolute atomic E-state index is 12.4. The summed E-state index contributed by atoms with van der Waals surface area (Å²) >= 11 is 0. The highest BCUT2D eigenvalue weighted by molar-refractivity contribution is 5.94. The van der Waals surface area contributed by atoms with Gasteiger partial charge in [0, 0.05) is 47.8 Å². The van der Waals surface area contributed by atoms with E-state index in [9.17, 15) is 19.8 Å². The Labute approximate surface area is 166 Å². The number of aryl methyl sites for hydroxylation is 1. The molecule has 0 saturated heterocycles. The van der Waals surface area contributed by atoms with Gasteiger partial charge in [-0.15, -0.1) is 0 Å². The van der Waals surface area contributed by atoms with Gasteiger partial charge in [0.1, 0.15) is 11.5 Å². The summed E-state index contributed by atoms with van der Waals surface area (Å²) in [7, 11) is 1.99. The van der Waals surface area contributed by atoms with Gasteiger partial charge in [0.2, 0.25) is 0 Å². The summed E-state index contributed by atoms with van der Waals surface area (Å²) in [5.74, 6) is -1.69. The molecule has 8 nitrogen and oxygen atoms in total. The molecule has 152 valence electrons. The van der Waals surface area contributed by atoms with E-state index in [-0.39, 0.29) is 12.5 Å². The number of nitrogens with zero attached hydrogens (tertiary/aromatic N) is 1. The summed E-state index contributed by atoms with van der Waals surface area (Å²) in [5, 5.41) is 24.2. The molecule has 0 saturated carbocycles. The third kappa shape index (κ3) is 2.96. The molecule has 0 amide bonds. The predicted molar refractivity (Wildman–Crippen MR) is 109 cm³/mol. The van der Waals surface area contributed by atoms with Crippen LogP contribution in [-0.4, -0.2) is 38.9 Å². The molecule has 1 atom stereocenters. The summed E-state index contributed by atoms with van der Waals surface area (Å²) < 4.78 is 8.07. The van der Waals surface area contributed by atoms with Crippen molar-refractivity contribution < 1.29 is 19.7 Å². The molecule has 1 aromatic carbocycles. The van der Waals surface area contributed by atoms with Gasteiger partial charge < -0.3 is 29.8 Å². The second-order valence-electron chi connectivity index (χ2n) is 7.37. The number of benzene rings is 1. The van der Waals surface area contributed by atoms with E-state index in [0.29, 0.717) is 22.6 Å². The predicted octanol–water partition coefficient (Wildman–Crippen LogP) is 2.54. The first kappa shape index (κ1) is 19.1. The lowest BCUT2D eigenvalue weighted by atomic mass is 9.94. The molecule has 3 heterocycles. The van der Waals surface area contributed by atoms with Crippen LogP contribution in [0.1, 0.15) is 41.4 Å². The van der Waals surface area contributed by atoms with E-state index < -0.39 is 22.8 Å². The lowest BCUT2D eigenvalue weighted by molar-refractivity contribution is 0.0691. The number of aromatic amines is 1. The van der Waals surface area contributed by atoms with Crippen LogP contribution in [0.5, 0.6) is 11.5 Å². The van der Waals surface area contributed by atoms with E-state index in [0.717, 1.165) is 29.7 Å². The van der Waals surface area contributed by atoms with Gasteiger partial charge in [0.25, 0.3) is 5.56 Å². The fourth-order valence-electron chi connectivity index (χ4n) is 3.95. The number of aromatic carboxylic acids is 1. The zero-order valence-electron chi connectivity index (χ0n) is 16.5. The lowest BCUT2D eigenvalue weighted by Gasteiger charge is -2.14. The van der Waals surface area contributed by atoms with Crippen LogP contribution < -0.4 is 15.6 Å². The number of nitrogens with one attached hydrogen (secondary N) is 2. The van der Waals surface area contributed by atoms with E-state index in [1.165, 1.54) is 0 Å². The van der Waals surface area contributed by atoms with Gasteiger partial charge in [0.05, 0.1) is 17.8 Å². The quantitative estimate of drug-likeness (QED) is 0.538. The lowest BCUT2D eigenvalue weighted by Crippen LogP contribution is -2.20. The Bertz CT molecular complexity index is 1190. The van der Waals surface area contributed by atoms with Crippen LogP contribution in [0.15, 0.2) is 23.0 Å². The minimum atomic E-state index is -1.46. The highest BCUT2D eigenvalue weighted by Crippen LogP contribution is 2.43. The van der Waals surface area contributed by atoms with Crippen LogP contribution in [-0.2, 0) is 13.6 Å². The highest BCUT2D eigenvalue weighted by Gasteiger charge is 2.30. The molecular weight excluding hydrogens is 374 g/mol. The molecule has 8 heteroatoms. The van der Waals surface area contributed by atoms with Gasteiger partial charge in [0.15, 0.2) is 5.56 Å². The van der Waals surface area contributed by atoms with Crippen LogP contribution in [0, 0.1) is 0 Å². The van der Waals surface area contributed by atoms with Crippen molar-refractivity contribution in [1.29, 1.82) is 0 Å². The van der Waals surface area contributed by atoms with Crippen molar-refractivity contribution in [2.45, 2.75) is 26.3 Å². The SMILES string of the molecule is CCNCc1cc2cc3c(cc2n1C)OCC(C)c1c-3[nH]c(=O)c(C(=O)O)c1O. The van der Waals surface area contributed by atoms with Gasteiger partial charge in [-0.2, -0.15) is 0 Å². The smallest absolute Gasteiger partial charge is 0.345 e. The molecule has 3 aromatic rings. The van der Waals surface area contributed by atoms with Crippen LogP contribution in [0.25, 0.3) is 22.2 Å². The number of ether oxygens (including phenoxy) is 1. The monoisotopic (exact) mass is 397 g/mol. The Hall–Kier alpha value is -3.26. The molecule has 0 bridgehead atoms. The second-order valence-corrected chi connectivity index (χ2v) is 7.37. The average molecular weight is 397 g/mol. The summed E-state index contributed by atoms with van der Waals surface area (Å²) in [6.07, 6.45) is 0. The van der Waals surface area contributed by atoms with Crippen molar-refractivity contribution >= 4 is 16.9 Å². The van der Waals surface area contributed by atoms with Crippen LogP contribution in [0.4, 0.5) is 0 Å². The number of hydrogen-bond acceptors (Lipinski definition) is 5. The number of fused-ring (bicyclic) bond motifs is 4. The number of carboxylic acids is 1. The van der Waals surface area contributed by atoms with Crippen molar-refractivity contribution in [3.05, 3.63) is 45.4 Å².